The first kappa shape index (κ1) is 27.6. The molecule has 10 heteroatoms. The van der Waals surface area contributed by atoms with E-state index in [1.165, 1.54) is 12.1 Å². The fourth-order valence-corrected chi connectivity index (χ4v) is 6.83. The van der Waals surface area contributed by atoms with Crippen molar-refractivity contribution in [3.63, 3.8) is 0 Å². The van der Waals surface area contributed by atoms with E-state index in [0.717, 1.165) is 35.6 Å². The number of fused-ring (bicyclic) bond motifs is 1. The maximum atomic E-state index is 13.5. The van der Waals surface area contributed by atoms with Crippen LogP contribution in [0, 0.1) is 0 Å². The molecule has 2 aromatic carbocycles. The van der Waals surface area contributed by atoms with Crippen LogP contribution in [0.25, 0.3) is 0 Å². The molecule has 2 aliphatic rings. The maximum Gasteiger partial charge on any atom is 0.269 e. The lowest BCUT2D eigenvalue weighted by Gasteiger charge is -2.32. The van der Waals surface area contributed by atoms with Crippen LogP contribution in [0.4, 0.5) is 0 Å². The van der Waals surface area contributed by atoms with Crippen molar-refractivity contribution in [1.82, 2.24) is 14.5 Å². The third kappa shape index (κ3) is 5.85. The molecule has 4 rings (SSSR count). The van der Waals surface area contributed by atoms with Crippen molar-refractivity contribution >= 4 is 27.7 Å². The van der Waals surface area contributed by atoms with Crippen molar-refractivity contribution in [2.75, 3.05) is 13.7 Å². The van der Waals surface area contributed by atoms with E-state index in [4.69, 9.17) is 4.74 Å². The topological polar surface area (TPSA) is 113 Å². The summed E-state index contributed by atoms with van der Waals surface area (Å²) in [6.45, 7) is 1.97. The Morgan fingerprint density at radius 2 is 1.87 bits per heavy atom. The highest BCUT2D eigenvalue weighted by Crippen LogP contribution is 2.30. The summed E-state index contributed by atoms with van der Waals surface area (Å²) in [6, 6.07) is 12.9. The molecule has 1 heterocycles. The first-order valence-electron chi connectivity index (χ1n) is 13.1. The van der Waals surface area contributed by atoms with Gasteiger partial charge in [0, 0.05) is 25.6 Å². The first-order chi connectivity index (χ1) is 18.3. The van der Waals surface area contributed by atoms with Gasteiger partial charge < -0.3 is 15.0 Å². The lowest BCUT2D eigenvalue weighted by atomic mass is 10.1. The van der Waals surface area contributed by atoms with Gasteiger partial charge in [0.1, 0.15) is 16.7 Å². The molecule has 1 unspecified atom stereocenters. The number of methoxy groups -OCH3 is 1. The molecule has 1 fully saturated rings. The molecule has 1 aliphatic carbocycles. The maximum absolute atomic E-state index is 13.5. The number of carbonyl (C=O) groups excluding carboxylic acids is 3. The third-order valence-corrected chi connectivity index (χ3v) is 9.08. The van der Waals surface area contributed by atoms with E-state index >= 15 is 0 Å². The summed E-state index contributed by atoms with van der Waals surface area (Å²) in [7, 11) is -2.37. The minimum Gasteiger partial charge on any atom is -0.497 e. The third-order valence-electron chi connectivity index (χ3n) is 7.24. The zero-order chi connectivity index (χ0) is 27.3. The molecule has 38 heavy (non-hydrogen) atoms. The molecular formula is C28H35N3O6S. The van der Waals surface area contributed by atoms with Crippen LogP contribution < -0.4 is 10.1 Å². The fourth-order valence-electron chi connectivity index (χ4n) is 5.22. The molecule has 0 aromatic heterocycles. The van der Waals surface area contributed by atoms with E-state index in [2.05, 4.69) is 5.32 Å². The summed E-state index contributed by atoms with van der Waals surface area (Å²) >= 11 is 0. The SMILES string of the molecule is CCC(C(=O)NC1CCCC1)N(Cc1cccc(OC)c1)C(=O)CCCN1C(=O)c2ccccc2S1(=O)=O. The number of ether oxygens (including phenoxy) is 1. The number of amides is 3. The summed E-state index contributed by atoms with van der Waals surface area (Å²) in [6.07, 6.45) is 4.61. The van der Waals surface area contributed by atoms with Crippen LogP contribution in [0.2, 0.25) is 0 Å². The van der Waals surface area contributed by atoms with Crippen molar-refractivity contribution in [3.8, 4) is 5.75 Å². The normalized spacial score (nSPS) is 17.2. The van der Waals surface area contributed by atoms with Gasteiger partial charge in [-0.1, -0.05) is 44.0 Å². The molecule has 204 valence electrons. The smallest absolute Gasteiger partial charge is 0.269 e. The number of benzene rings is 2. The summed E-state index contributed by atoms with van der Waals surface area (Å²) in [5.74, 6) is -0.384. The van der Waals surface area contributed by atoms with Gasteiger partial charge in [-0.3, -0.25) is 14.4 Å². The van der Waals surface area contributed by atoms with Gasteiger partial charge in [-0.25, -0.2) is 12.7 Å². The summed E-state index contributed by atoms with van der Waals surface area (Å²) in [4.78, 5) is 41.1. The molecule has 1 aliphatic heterocycles. The molecule has 3 amide bonds. The van der Waals surface area contributed by atoms with Crippen LogP contribution in [-0.2, 0) is 26.2 Å². The zero-order valence-corrected chi connectivity index (χ0v) is 22.7. The average molecular weight is 542 g/mol. The summed E-state index contributed by atoms with van der Waals surface area (Å²) < 4.78 is 31.9. The van der Waals surface area contributed by atoms with E-state index in [1.807, 2.05) is 31.2 Å². The predicted molar refractivity (Wildman–Crippen MR) is 142 cm³/mol. The quantitative estimate of drug-likeness (QED) is 0.466. The Balaban J connectivity index is 1.48. The number of carbonyl (C=O) groups is 3. The van der Waals surface area contributed by atoms with Crippen LogP contribution in [-0.4, -0.2) is 61.1 Å². The number of hydrogen-bond acceptors (Lipinski definition) is 6. The monoisotopic (exact) mass is 541 g/mol. The first-order valence-corrected chi connectivity index (χ1v) is 14.6. The van der Waals surface area contributed by atoms with E-state index < -0.39 is 22.0 Å². The van der Waals surface area contributed by atoms with Crippen molar-refractivity contribution < 1.29 is 27.5 Å². The second-order valence-corrected chi connectivity index (χ2v) is 11.6. The molecule has 9 nitrogen and oxygen atoms in total. The molecule has 0 saturated heterocycles. The van der Waals surface area contributed by atoms with E-state index in [0.29, 0.717) is 12.2 Å². The zero-order valence-electron chi connectivity index (χ0n) is 21.9. The van der Waals surface area contributed by atoms with Crippen LogP contribution in [0.5, 0.6) is 5.75 Å². The van der Waals surface area contributed by atoms with Gasteiger partial charge >= 0.3 is 0 Å². The average Bonchev–Trinajstić information content (AvgIpc) is 3.49. The molecule has 0 radical (unpaired) electrons. The van der Waals surface area contributed by atoms with Crippen molar-refractivity contribution in [1.29, 1.82) is 0 Å². The molecule has 1 atom stereocenters. The molecule has 2 aromatic rings. The van der Waals surface area contributed by atoms with Gasteiger partial charge in [-0.15, -0.1) is 0 Å². The Hall–Kier alpha value is -3.40. The van der Waals surface area contributed by atoms with Crippen molar-refractivity contribution in [3.05, 3.63) is 59.7 Å². The Bertz CT molecular complexity index is 1290. The van der Waals surface area contributed by atoms with Gasteiger partial charge in [0.25, 0.3) is 15.9 Å². The van der Waals surface area contributed by atoms with E-state index in [-0.39, 0.29) is 54.2 Å². The minimum atomic E-state index is -3.94. The lowest BCUT2D eigenvalue weighted by Crippen LogP contribution is -2.51. The molecular weight excluding hydrogens is 506 g/mol. The van der Waals surface area contributed by atoms with E-state index in [1.54, 1.807) is 24.1 Å². The van der Waals surface area contributed by atoms with Crippen LogP contribution >= 0.6 is 0 Å². The lowest BCUT2D eigenvalue weighted by molar-refractivity contribution is -0.141. The van der Waals surface area contributed by atoms with Gasteiger partial charge in [-0.2, -0.15) is 0 Å². The van der Waals surface area contributed by atoms with Gasteiger partial charge in [0.2, 0.25) is 11.8 Å². The number of nitrogens with one attached hydrogen (secondary N) is 1. The molecule has 0 spiro atoms. The van der Waals surface area contributed by atoms with Crippen LogP contribution in [0.15, 0.2) is 53.4 Å². The Morgan fingerprint density at radius 1 is 1.13 bits per heavy atom. The predicted octanol–water partition coefficient (Wildman–Crippen LogP) is 3.49. The number of sulfonamides is 1. The van der Waals surface area contributed by atoms with Gasteiger partial charge in [-0.05, 0) is 55.5 Å². The Kier molecular flexibility index (Phi) is 8.71. The molecule has 1 saturated carbocycles. The largest absolute Gasteiger partial charge is 0.497 e. The number of rotatable bonds is 11. The summed E-state index contributed by atoms with van der Waals surface area (Å²) in [5.41, 5.74) is 0.964. The number of nitrogens with zero attached hydrogens (tertiary/aromatic N) is 2. The second kappa shape index (κ2) is 12.0. The van der Waals surface area contributed by atoms with E-state index in [9.17, 15) is 22.8 Å². The van der Waals surface area contributed by atoms with Crippen molar-refractivity contribution in [2.24, 2.45) is 0 Å². The molecule has 1 N–H and O–H groups in total. The molecule has 0 bridgehead atoms. The minimum absolute atomic E-state index is 0.00712. The summed E-state index contributed by atoms with van der Waals surface area (Å²) in [5, 5.41) is 3.11. The van der Waals surface area contributed by atoms with Gasteiger partial charge in [0.05, 0.1) is 12.7 Å². The highest BCUT2D eigenvalue weighted by Gasteiger charge is 2.40. The fraction of sp³-hybridized carbons (Fsp3) is 0.464. The standard InChI is InChI=1S/C28H35N3O6S/c1-3-24(27(33)29-21-11-4-5-12-21)30(19-20-10-8-13-22(18-20)37-2)26(32)16-9-17-31-28(34)23-14-6-7-15-25(23)38(31,35)36/h6-8,10,13-15,18,21,24H,3-5,9,11-12,16-17,19H2,1-2H3,(H,29,33). The Labute approximate surface area is 224 Å². The van der Waals surface area contributed by atoms with Crippen LogP contribution in [0.1, 0.15) is 67.8 Å². The highest BCUT2D eigenvalue weighted by molar-refractivity contribution is 7.90. The second-order valence-electron chi connectivity index (χ2n) is 9.77. The number of hydrogen-bond donors (Lipinski definition) is 1. The highest BCUT2D eigenvalue weighted by atomic mass is 32.2. The Morgan fingerprint density at radius 3 is 2.55 bits per heavy atom. The van der Waals surface area contributed by atoms with Gasteiger partial charge in [0.15, 0.2) is 0 Å². The van der Waals surface area contributed by atoms with Crippen LogP contribution in [0.3, 0.4) is 0 Å². The van der Waals surface area contributed by atoms with Crippen molar-refractivity contribution in [2.45, 2.75) is 75.4 Å².